The topological polar surface area (TPSA) is 56.1 Å². The maximum atomic E-state index is 12.4. The number of hydrogen-bond donors (Lipinski definition) is 0. The highest BCUT2D eigenvalue weighted by molar-refractivity contribution is 7.99. The molecule has 152 valence electrons. The molecule has 0 N–H and O–H groups in total. The van der Waals surface area contributed by atoms with E-state index in [1.807, 2.05) is 43.0 Å². The second-order valence-corrected chi connectivity index (χ2v) is 8.36. The summed E-state index contributed by atoms with van der Waals surface area (Å²) >= 11 is 2.01. The molecular formula is C22H25N3O3S. The molecule has 1 aliphatic rings. The van der Waals surface area contributed by atoms with Gasteiger partial charge in [0.2, 0.25) is 0 Å². The molecule has 0 bridgehead atoms. The van der Waals surface area contributed by atoms with Gasteiger partial charge in [0.25, 0.3) is 5.56 Å². The van der Waals surface area contributed by atoms with Gasteiger partial charge in [-0.15, -0.1) is 0 Å². The molecule has 3 aromatic rings. The van der Waals surface area contributed by atoms with Crippen LogP contribution in [0.5, 0.6) is 11.5 Å². The lowest BCUT2D eigenvalue weighted by atomic mass is 10.2. The van der Waals surface area contributed by atoms with Crippen molar-refractivity contribution >= 4 is 17.4 Å². The van der Waals surface area contributed by atoms with Crippen LogP contribution in [0.1, 0.15) is 16.8 Å². The summed E-state index contributed by atoms with van der Waals surface area (Å²) in [6.45, 7) is 5.27. The minimum atomic E-state index is -0.110. The molecule has 7 heteroatoms. The molecule has 3 heterocycles. The highest BCUT2D eigenvalue weighted by Gasteiger charge is 2.13. The standard InChI is InChI=1S/C22H25N3O3S/c1-16-4-3-7-25-21(26)13-18(23-22(16)25)15-28-20-12-17(5-6-19(20)27-2)14-24-8-10-29-11-9-24/h3-7,12-13H,8-11,14-15H2,1-2H3. The Bertz CT molecular complexity index is 1060. The van der Waals surface area contributed by atoms with E-state index in [9.17, 15) is 4.79 Å². The molecule has 4 rings (SSSR count). The van der Waals surface area contributed by atoms with E-state index in [-0.39, 0.29) is 12.2 Å². The van der Waals surface area contributed by atoms with Crippen molar-refractivity contribution < 1.29 is 9.47 Å². The van der Waals surface area contributed by atoms with Gasteiger partial charge in [-0.25, -0.2) is 4.98 Å². The van der Waals surface area contributed by atoms with Gasteiger partial charge in [0.15, 0.2) is 11.5 Å². The van der Waals surface area contributed by atoms with Crippen LogP contribution < -0.4 is 15.0 Å². The van der Waals surface area contributed by atoms with Crippen molar-refractivity contribution in [3.05, 3.63) is 69.8 Å². The fraction of sp³-hybridized carbons (Fsp3) is 0.364. The molecule has 0 unspecified atom stereocenters. The summed E-state index contributed by atoms with van der Waals surface area (Å²) in [5.41, 5.74) is 3.29. The van der Waals surface area contributed by atoms with Gasteiger partial charge in [-0.1, -0.05) is 12.1 Å². The quantitative estimate of drug-likeness (QED) is 0.621. The Labute approximate surface area is 174 Å². The fourth-order valence-corrected chi connectivity index (χ4v) is 4.46. The van der Waals surface area contributed by atoms with E-state index >= 15 is 0 Å². The smallest absolute Gasteiger partial charge is 0.258 e. The van der Waals surface area contributed by atoms with Gasteiger partial charge < -0.3 is 9.47 Å². The van der Waals surface area contributed by atoms with Crippen LogP contribution in [0.4, 0.5) is 0 Å². The number of methoxy groups -OCH3 is 1. The highest BCUT2D eigenvalue weighted by Crippen LogP contribution is 2.29. The van der Waals surface area contributed by atoms with Gasteiger partial charge in [0, 0.05) is 43.4 Å². The normalized spacial score (nSPS) is 14.8. The minimum absolute atomic E-state index is 0.110. The summed E-state index contributed by atoms with van der Waals surface area (Å²) in [6.07, 6.45) is 1.73. The zero-order valence-electron chi connectivity index (χ0n) is 16.8. The van der Waals surface area contributed by atoms with Crippen molar-refractivity contribution in [3.63, 3.8) is 0 Å². The Kier molecular flexibility index (Phi) is 6.06. The lowest BCUT2D eigenvalue weighted by Crippen LogP contribution is -2.31. The molecule has 0 radical (unpaired) electrons. The first kappa shape index (κ1) is 19.8. The molecule has 0 atom stereocenters. The highest BCUT2D eigenvalue weighted by atomic mass is 32.2. The van der Waals surface area contributed by atoms with Crippen LogP contribution >= 0.6 is 11.8 Å². The first-order valence-corrected chi connectivity index (χ1v) is 10.9. The Morgan fingerprint density at radius 1 is 1.14 bits per heavy atom. The predicted molar refractivity (Wildman–Crippen MR) is 116 cm³/mol. The van der Waals surface area contributed by atoms with Gasteiger partial charge in [0.1, 0.15) is 12.3 Å². The Hall–Kier alpha value is -2.51. The van der Waals surface area contributed by atoms with E-state index in [1.165, 1.54) is 23.1 Å². The molecule has 29 heavy (non-hydrogen) atoms. The van der Waals surface area contributed by atoms with Crippen LogP contribution in [-0.4, -0.2) is 46.0 Å². The number of aryl methyl sites for hydroxylation is 1. The molecule has 0 saturated carbocycles. The zero-order chi connectivity index (χ0) is 20.2. The monoisotopic (exact) mass is 411 g/mol. The first-order valence-electron chi connectivity index (χ1n) is 9.72. The number of pyridine rings is 1. The summed E-state index contributed by atoms with van der Waals surface area (Å²) < 4.78 is 13.0. The van der Waals surface area contributed by atoms with Crippen molar-refractivity contribution in [3.8, 4) is 11.5 Å². The Morgan fingerprint density at radius 3 is 2.76 bits per heavy atom. The van der Waals surface area contributed by atoms with Crippen LogP contribution in [0, 0.1) is 6.92 Å². The van der Waals surface area contributed by atoms with Crippen LogP contribution in [0.3, 0.4) is 0 Å². The van der Waals surface area contributed by atoms with Crippen molar-refractivity contribution in [1.82, 2.24) is 14.3 Å². The average Bonchev–Trinajstić information content (AvgIpc) is 2.74. The molecule has 1 saturated heterocycles. The van der Waals surface area contributed by atoms with Gasteiger partial charge in [-0.05, 0) is 36.2 Å². The second-order valence-electron chi connectivity index (χ2n) is 7.13. The summed E-state index contributed by atoms with van der Waals surface area (Å²) in [4.78, 5) is 19.5. The van der Waals surface area contributed by atoms with Crippen LogP contribution in [0.15, 0.2) is 47.4 Å². The van der Waals surface area contributed by atoms with Crippen molar-refractivity contribution in [1.29, 1.82) is 0 Å². The lowest BCUT2D eigenvalue weighted by molar-refractivity contribution is 0.276. The number of benzene rings is 1. The van der Waals surface area contributed by atoms with Gasteiger partial charge in [0.05, 0.1) is 12.8 Å². The first-order chi connectivity index (χ1) is 14.1. The van der Waals surface area contributed by atoms with Crippen LogP contribution in [0.25, 0.3) is 5.65 Å². The van der Waals surface area contributed by atoms with E-state index in [4.69, 9.17) is 9.47 Å². The Morgan fingerprint density at radius 2 is 1.97 bits per heavy atom. The molecular weight excluding hydrogens is 386 g/mol. The van der Waals surface area contributed by atoms with Crippen molar-refractivity contribution in [2.45, 2.75) is 20.1 Å². The minimum Gasteiger partial charge on any atom is -0.493 e. The summed E-state index contributed by atoms with van der Waals surface area (Å²) in [5, 5.41) is 0. The third-order valence-electron chi connectivity index (χ3n) is 5.05. The molecule has 0 amide bonds. The third-order valence-corrected chi connectivity index (χ3v) is 6.00. The number of ether oxygens (including phenoxy) is 2. The molecule has 6 nitrogen and oxygen atoms in total. The molecule has 0 aliphatic carbocycles. The number of nitrogens with zero attached hydrogens (tertiary/aromatic N) is 3. The van der Waals surface area contributed by atoms with Crippen LogP contribution in [-0.2, 0) is 13.2 Å². The maximum absolute atomic E-state index is 12.4. The second kappa shape index (κ2) is 8.88. The number of rotatable bonds is 6. The van der Waals surface area contributed by atoms with Gasteiger partial charge in [-0.3, -0.25) is 14.1 Å². The van der Waals surface area contributed by atoms with E-state index < -0.39 is 0 Å². The predicted octanol–water partition coefficient (Wildman–Crippen LogP) is 3.14. The number of hydrogen-bond acceptors (Lipinski definition) is 6. The fourth-order valence-electron chi connectivity index (χ4n) is 3.48. The molecule has 2 aromatic heterocycles. The lowest BCUT2D eigenvalue weighted by Gasteiger charge is -2.26. The van der Waals surface area contributed by atoms with Crippen molar-refractivity contribution in [2.75, 3.05) is 31.7 Å². The molecule has 1 aromatic carbocycles. The van der Waals surface area contributed by atoms with E-state index in [0.717, 1.165) is 25.2 Å². The zero-order valence-corrected chi connectivity index (χ0v) is 17.6. The number of aromatic nitrogens is 2. The summed E-state index contributed by atoms with van der Waals surface area (Å²) in [5.74, 6) is 3.71. The summed E-state index contributed by atoms with van der Waals surface area (Å²) in [7, 11) is 1.63. The third kappa shape index (κ3) is 4.57. The number of fused-ring (bicyclic) bond motifs is 1. The molecule has 1 aliphatic heterocycles. The number of thioether (sulfide) groups is 1. The van der Waals surface area contributed by atoms with E-state index in [1.54, 1.807) is 17.7 Å². The van der Waals surface area contributed by atoms with E-state index in [0.29, 0.717) is 22.8 Å². The SMILES string of the molecule is COc1ccc(CN2CCSCC2)cc1OCc1cc(=O)n2cccc(C)c2n1. The molecule has 0 spiro atoms. The van der Waals surface area contributed by atoms with Gasteiger partial charge in [-0.2, -0.15) is 11.8 Å². The maximum Gasteiger partial charge on any atom is 0.258 e. The average molecular weight is 412 g/mol. The summed E-state index contributed by atoms with van der Waals surface area (Å²) in [6, 6.07) is 11.4. The van der Waals surface area contributed by atoms with Crippen LogP contribution in [0.2, 0.25) is 0 Å². The van der Waals surface area contributed by atoms with E-state index in [2.05, 4.69) is 16.0 Å². The van der Waals surface area contributed by atoms with Crippen molar-refractivity contribution in [2.24, 2.45) is 0 Å². The van der Waals surface area contributed by atoms with Gasteiger partial charge >= 0.3 is 0 Å². The Balaban J connectivity index is 1.54. The largest absolute Gasteiger partial charge is 0.493 e. The molecule has 1 fully saturated rings.